The zero-order valence-electron chi connectivity index (χ0n) is 19.7. The van der Waals surface area contributed by atoms with Crippen molar-refractivity contribution in [2.45, 2.75) is 24.7 Å². The second-order valence-corrected chi connectivity index (χ2v) is 10.4. The SMILES string of the molecule is CCCCOc1ccc(C(=O)N2CCN(S(=O)(=O)c3ccc4c(c3)n(C)c(=O)n4C)CC2)cc1. The second-order valence-electron chi connectivity index (χ2n) is 8.47. The summed E-state index contributed by atoms with van der Waals surface area (Å²) in [6, 6.07) is 11.8. The minimum Gasteiger partial charge on any atom is -0.494 e. The van der Waals surface area contributed by atoms with Crippen molar-refractivity contribution in [1.29, 1.82) is 0 Å². The van der Waals surface area contributed by atoms with Crippen LogP contribution in [0.15, 0.2) is 52.2 Å². The molecule has 4 rings (SSSR count). The fraction of sp³-hybridized carbons (Fsp3) is 0.417. The summed E-state index contributed by atoms with van der Waals surface area (Å²) >= 11 is 0. The maximum atomic E-state index is 13.2. The Morgan fingerprint density at radius 3 is 2.24 bits per heavy atom. The molecule has 0 aliphatic carbocycles. The highest BCUT2D eigenvalue weighted by molar-refractivity contribution is 7.89. The van der Waals surface area contributed by atoms with E-state index in [0.29, 0.717) is 36.3 Å². The lowest BCUT2D eigenvalue weighted by atomic mass is 10.2. The highest BCUT2D eigenvalue weighted by Gasteiger charge is 2.31. The van der Waals surface area contributed by atoms with Gasteiger partial charge < -0.3 is 9.64 Å². The summed E-state index contributed by atoms with van der Waals surface area (Å²) in [5.74, 6) is 0.603. The summed E-state index contributed by atoms with van der Waals surface area (Å²) in [6.07, 6.45) is 2.03. The number of piperazine rings is 1. The average molecular weight is 487 g/mol. The number of unbranched alkanes of at least 4 members (excludes halogenated alkanes) is 1. The van der Waals surface area contributed by atoms with E-state index in [-0.39, 0.29) is 29.6 Å². The minimum atomic E-state index is -3.75. The number of nitrogens with zero attached hydrogens (tertiary/aromatic N) is 4. The molecule has 1 aliphatic rings. The van der Waals surface area contributed by atoms with E-state index in [2.05, 4.69) is 6.92 Å². The number of amides is 1. The van der Waals surface area contributed by atoms with Crippen molar-refractivity contribution < 1.29 is 17.9 Å². The minimum absolute atomic E-state index is 0.127. The number of sulfonamides is 1. The van der Waals surface area contributed by atoms with Gasteiger partial charge in [-0.2, -0.15) is 4.31 Å². The number of rotatable bonds is 7. The van der Waals surface area contributed by atoms with Gasteiger partial charge in [0, 0.05) is 45.8 Å². The van der Waals surface area contributed by atoms with E-state index in [0.717, 1.165) is 18.6 Å². The third-order valence-electron chi connectivity index (χ3n) is 6.27. The van der Waals surface area contributed by atoms with Crippen molar-refractivity contribution in [3.8, 4) is 5.75 Å². The number of carbonyl (C=O) groups is 1. The van der Waals surface area contributed by atoms with Crippen LogP contribution in [0.1, 0.15) is 30.1 Å². The number of fused-ring (bicyclic) bond motifs is 1. The predicted octanol–water partition coefficient (Wildman–Crippen LogP) is 2.20. The summed E-state index contributed by atoms with van der Waals surface area (Å²) in [6.45, 7) is 3.77. The van der Waals surface area contributed by atoms with Crippen LogP contribution in [0.25, 0.3) is 11.0 Å². The van der Waals surface area contributed by atoms with Crippen molar-refractivity contribution in [1.82, 2.24) is 18.3 Å². The van der Waals surface area contributed by atoms with Gasteiger partial charge in [-0.05, 0) is 48.9 Å². The van der Waals surface area contributed by atoms with Crippen LogP contribution in [0.3, 0.4) is 0 Å². The quantitative estimate of drug-likeness (QED) is 0.478. The van der Waals surface area contributed by atoms with Gasteiger partial charge >= 0.3 is 5.69 Å². The Morgan fingerprint density at radius 2 is 1.59 bits per heavy atom. The molecule has 0 N–H and O–H groups in total. The molecule has 0 unspecified atom stereocenters. The highest BCUT2D eigenvalue weighted by atomic mass is 32.2. The van der Waals surface area contributed by atoms with E-state index in [9.17, 15) is 18.0 Å². The van der Waals surface area contributed by atoms with Crippen molar-refractivity contribution in [3.63, 3.8) is 0 Å². The molecule has 0 spiro atoms. The first-order chi connectivity index (χ1) is 16.2. The fourth-order valence-corrected chi connectivity index (χ4v) is 5.58. The molecule has 2 aromatic carbocycles. The molecule has 0 bridgehead atoms. The molecule has 0 saturated carbocycles. The Bertz CT molecular complexity index is 1350. The summed E-state index contributed by atoms with van der Waals surface area (Å²) in [5.41, 5.74) is 1.57. The van der Waals surface area contributed by atoms with Crippen LogP contribution in [0, 0.1) is 0 Å². The molecule has 34 heavy (non-hydrogen) atoms. The van der Waals surface area contributed by atoms with E-state index in [1.165, 1.54) is 25.6 Å². The van der Waals surface area contributed by atoms with Crippen LogP contribution >= 0.6 is 0 Å². The summed E-state index contributed by atoms with van der Waals surface area (Å²) in [4.78, 5) is 26.9. The van der Waals surface area contributed by atoms with Gasteiger partial charge in [0.15, 0.2) is 0 Å². The molecule has 2 heterocycles. The molecule has 1 aromatic heterocycles. The van der Waals surface area contributed by atoms with Gasteiger partial charge in [0.05, 0.1) is 22.5 Å². The Morgan fingerprint density at radius 1 is 0.941 bits per heavy atom. The Balaban J connectivity index is 1.43. The third kappa shape index (κ3) is 4.47. The van der Waals surface area contributed by atoms with E-state index >= 15 is 0 Å². The van der Waals surface area contributed by atoms with Crippen LogP contribution in [-0.4, -0.2) is 65.5 Å². The number of benzene rings is 2. The summed E-state index contributed by atoms with van der Waals surface area (Å²) < 4.78 is 36.4. The van der Waals surface area contributed by atoms with Gasteiger partial charge in [-0.1, -0.05) is 13.3 Å². The molecule has 0 atom stereocenters. The molecule has 1 saturated heterocycles. The van der Waals surface area contributed by atoms with E-state index in [4.69, 9.17) is 4.74 Å². The molecule has 9 nitrogen and oxygen atoms in total. The molecule has 1 amide bonds. The Hall–Kier alpha value is -3.11. The number of hydrogen-bond donors (Lipinski definition) is 0. The lowest BCUT2D eigenvalue weighted by molar-refractivity contribution is 0.0698. The highest BCUT2D eigenvalue weighted by Crippen LogP contribution is 2.23. The first-order valence-corrected chi connectivity index (χ1v) is 12.9. The third-order valence-corrected chi connectivity index (χ3v) is 8.17. The van der Waals surface area contributed by atoms with E-state index in [1.54, 1.807) is 49.3 Å². The molecule has 0 radical (unpaired) electrons. The van der Waals surface area contributed by atoms with Gasteiger partial charge in [-0.15, -0.1) is 0 Å². The van der Waals surface area contributed by atoms with Gasteiger partial charge in [0.25, 0.3) is 5.91 Å². The van der Waals surface area contributed by atoms with Gasteiger partial charge in [-0.25, -0.2) is 13.2 Å². The molecule has 1 fully saturated rings. The van der Waals surface area contributed by atoms with Gasteiger partial charge in [0.2, 0.25) is 10.0 Å². The van der Waals surface area contributed by atoms with Gasteiger partial charge in [0.1, 0.15) is 5.75 Å². The maximum Gasteiger partial charge on any atom is 0.328 e. The number of aryl methyl sites for hydroxylation is 2. The molecule has 10 heteroatoms. The Labute approximate surface area is 199 Å². The summed E-state index contributed by atoms with van der Waals surface area (Å²) in [5, 5.41) is 0. The normalized spacial score (nSPS) is 15.1. The van der Waals surface area contributed by atoms with Crippen LogP contribution in [0.4, 0.5) is 0 Å². The smallest absolute Gasteiger partial charge is 0.328 e. The number of ether oxygens (including phenoxy) is 1. The zero-order valence-corrected chi connectivity index (χ0v) is 20.5. The largest absolute Gasteiger partial charge is 0.494 e. The molecule has 1 aliphatic heterocycles. The zero-order chi connectivity index (χ0) is 24.5. The molecule has 182 valence electrons. The number of carbonyl (C=O) groups excluding carboxylic acids is 1. The molecule has 3 aromatic rings. The lowest BCUT2D eigenvalue weighted by Crippen LogP contribution is -2.50. The van der Waals surface area contributed by atoms with Crippen LogP contribution in [0.5, 0.6) is 5.75 Å². The molecular weight excluding hydrogens is 456 g/mol. The predicted molar refractivity (Wildman–Crippen MR) is 130 cm³/mol. The number of aromatic nitrogens is 2. The van der Waals surface area contributed by atoms with Crippen LogP contribution in [0.2, 0.25) is 0 Å². The fourth-order valence-electron chi connectivity index (χ4n) is 4.14. The van der Waals surface area contributed by atoms with Crippen molar-refractivity contribution in [2.24, 2.45) is 14.1 Å². The molecular formula is C24H30N4O5S. The van der Waals surface area contributed by atoms with Crippen molar-refractivity contribution >= 4 is 27.0 Å². The van der Waals surface area contributed by atoms with Crippen LogP contribution in [-0.2, 0) is 24.1 Å². The number of hydrogen-bond acceptors (Lipinski definition) is 5. The first kappa shape index (κ1) is 24.0. The average Bonchev–Trinajstić information content (AvgIpc) is 3.07. The second kappa shape index (κ2) is 9.63. The first-order valence-electron chi connectivity index (χ1n) is 11.4. The van der Waals surface area contributed by atoms with Gasteiger partial charge in [-0.3, -0.25) is 13.9 Å². The lowest BCUT2D eigenvalue weighted by Gasteiger charge is -2.34. The van der Waals surface area contributed by atoms with E-state index in [1.807, 2.05) is 0 Å². The Kier molecular flexibility index (Phi) is 6.81. The maximum absolute atomic E-state index is 13.2. The van der Waals surface area contributed by atoms with Crippen molar-refractivity contribution in [3.05, 3.63) is 58.5 Å². The monoisotopic (exact) mass is 486 g/mol. The van der Waals surface area contributed by atoms with Crippen molar-refractivity contribution in [2.75, 3.05) is 32.8 Å². The number of imidazole rings is 1. The topological polar surface area (TPSA) is 93.8 Å². The standard InChI is InChI=1S/C24H30N4O5S/c1-4-5-16-33-19-8-6-18(7-9-19)23(29)27-12-14-28(15-13-27)34(31,32)20-10-11-21-22(17-20)26(3)24(30)25(21)2/h6-11,17H,4-5,12-16H2,1-3H3. The van der Waals surface area contributed by atoms with E-state index < -0.39 is 10.0 Å². The van der Waals surface area contributed by atoms with Crippen LogP contribution < -0.4 is 10.4 Å². The summed E-state index contributed by atoms with van der Waals surface area (Å²) in [7, 11) is -0.475.